The van der Waals surface area contributed by atoms with E-state index in [1.54, 1.807) is 17.7 Å². The van der Waals surface area contributed by atoms with Gasteiger partial charge in [-0.05, 0) is 60.0 Å². The SMILES string of the molecule is Cc1cn(Cc2ccc(F)c(F)c2)c2c(-c3ccc(NS(=O)(=O)C(F)(F)F)cc3)cc(F)cc12. The van der Waals surface area contributed by atoms with Crippen LogP contribution in [0, 0.1) is 24.4 Å². The van der Waals surface area contributed by atoms with E-state index >= 15 is 0 Å². The topological polar surface area (TPSA) is 51.1 Å². The van der Waals surface area contributed by atoms with Gasteiger partial charge in [-0.25, -0.2) is 13.2 Å². The minimum absolute atomic E-state index is 0.142. The summed E-state index contributed by atoms with van der Waals surface area (Å²) in [5.41, 5.74) is -3.26. The summed E-state index contributed by atoms with van der Waals surface area (Å²) in [6.07, 6.45) is 1.72. The predicted octanol–water partition coefficient (Wildman–Crippen LogP) is 6.34. The molecule has 0 bridgehead atoms. The molecule has 0 aliphatic carbocycles. The monoisotopic (exact) mass is 498 g/mol. The molecule has 4 rings (SSSR count). The van der Waals surface area contributed by atoms with Crippen molar-refractivity contribution in [1.82, 2.24) is 4.57 Å². The average molecular weight is 498 g/mol. The van der Waals surface area contributed by atoms with Crippen LogP contribution >= 0.6 is 0 Å². The summed E-state index contributed by atoms with van der Waals surface area (Å²) in [6, 6.07) is 11.0. The molecule has 4 nitrogen and oxygen atoms in total. The second kappa shape index (κ2) is 8.39. The molecule has 34 heavy (non-hydrogen) atoms. The van der Waals surface area contributed by atoms with Crippen LogP contribution in [0.15, 0.2) is 60.8 Å². The van der Waals surface area contributed by atoms with Crippen molar-refractivity contribution in [1.29, 1.82) is 0 Å². The highest BCUT2D eigenvalue weighted by Crippen LogP contribution is 2.34. The molecule has 0 fully saturated rings. The van der Waals surface area contributed by atoms with Crippen LogP contribution in [0.3, 0.4) is 0 Å². The first-order valence-corrected chi connectivity index (χ1v) is 11.3. The van der Waals surface area contributed by atoms with Crippen molar-refractivity contribution < 1.29 is 34.8 Å². The number of benzene rings is 3. The van der Waals surface area contributed by atoms with Crippen LogP contribution in [0.5, 0.6) is 0 Å². The van der Waals surface area contributed by atoms with Crippen LogP contribution in [-0.2, 0) is 16.6 Å². The number of hydrogen-bond donors (Lipinski definition) is 1. The van der Waals surface area contributed by atoms with Crippen molar-refractivity contribution >= 4 is 26.6 Å². The summed E-state index contributed by atoms with van der Waals surface area (Å²) in [7, 11) is -5.59. The molecule has 0 saturated heterocycles. The predicted molar refractivity (Wildman–Crippen MR) is 116 cm³/mol. The van der Waals surface area contributed by atoms with E-state index in [0.717, 1.165) is 24.3 Å². The van der Waals surface area contributed by atoms with Crippen molar-refractivity contribution in [3.8, 4) is 11.1 Å². The van der Waals surface area contributed by atoms with Crippen molar-refractivity contribution in [2.75, 3.05) is 4.72 Å². The van der Waals surface area contributed by atoms with Gasteiger partial charge in [0, 0.05) is 29.4 Å². The fourth-order valence-electron chi connectivity index (χ4n) is 3.69. The third-order valence-electron chi connectivity index (χ3n) is 5.23. The van der Waals surface area contributed by atoms with Crippen LogP contribution < -0.4 is 4.72 Å². The number of rotatable bonds is 5. The second-order valence-electron chi connectivity index (χ2n) is 7.67. The summed E-state index contributed by atoms with van der Waals surface area (Å²) >= 11 is 0. The number of hydrogen-bond acceptors (Lipinski definition) is 2. The van der Waals surface area contributed by atoms with Crippen LogP contribution in [-0.4, -0.2) is 18.5 Å². The number of aryl methyl sites for hydroxylation is 1. The molecule has 0 aliphatic rings. The van der Waals surface area contributed by atoms with Gasteiger partial charge in [-0.2, -0.15) is 21.6 Å². The van der Waals surface area contributed by atoms with Gasteiger partial charge < -0.3 is 4.57 Å². The number of nitrogens with one attached hydrogen (secondary N) is 1. The summed E-state index contributed by atoms with van der Waals surface area (Å²) < 4.78 is 105. The lowest BCUT2D eigenvalue weighted by molar-refractivity contribution is -0.0429. The normalized spacial score (nSPS) is 12.3. The standard InChI is InChI=1S/C23H16F6N2O2S/c1-13-11-31(12-14-2-7-20(25)21(26)8-14)22-18(13)9-16(24)10-19(22)15-3-5-17(6-4-15)30-34(32,33)23(27,28)29/h2-11,30H,12H2,1H3. The highest BCUT2D eigenvalue weighted by Gasteiger charge is 2.46. The van der Waals surface area contributed by atoms with E-state index in [1.807, 2.05) is 0 Å². The van der Waals surface area contributed by atoms with Crippen molar-refractivity contribution in [3.05, 3.63) is 89.4 Å². The molecule has 178 valence electrons. The van der Waals surface area contributed by atoms with Gasteiger partial charge in [-0.3, -0.25) is 4.72 Å². The molecule has 3 aromatic carbocycles. The van der Waals surface area contributed by atoms with Crippen LogP contribution in [0.2, 0.25) is 0 Å². The molecule has 0 saturated carbocycles. The largest absolute Gasteiger partial charge is 0.516 e. The molecule has 0 atom stereocenters. The molecule has 11 heteroatoms. The smallest absolute Gasteiger partial charge is 0.342 e. The maximum absolute atomic E-state index is 14.4. The summed E-state index contributed by atoms with van der Waals surface area (Å²) in [5.74, 6) is -2.55. The zero-order valence-corrected chi connectivity index (χ0v) is 18.2. The number of nitrogens with zero attached hydrogens (tertiary/aromatic N) is 1. The Balaban J connectivity index is 1.77. The summed E-state index contributed by atoms with van der Waals surface area (Å²) in [5, 5.41) is 0.555. The lowest BCUT2D eigenvalue weighted by Gasteiger charge is -2.13. The second-order valence-corrected chi connectivity index (χ2v) is 9.34. The zero-order chi connectivity index (χ0) is 24.8. The van der Waals surface area contributed by atoms with Gasteiger partial charge in [-0.15, -0.1) is 0 Å². The Bertz CT molecular complexity index is 1490. The maximum atomic E-state index is 14.4. The number of sulfonamides is 1. The third-order valence-corrected chi connectivity index (χ3v) is 6.34. The molecule has 4 aromatic rings. The van der Waals surface area contributed by atoms with Crippen LogP contribution in [0.1, 0.15) is 11.1 Å². The van der Waals surface area contributed by atoms with E-state index in [1.165, 1.54) is 35.1 Å². The molecule has 1 N–H and O–H groups in total. The Morgan fingerprint density at radius 2 is 1.59 bits per heavy atom. The van der Waals surface area contributed by atoms with Crippen molar-refractivity contribution in [3.63, 3.8) is 0 Å². The first-order chi connectivity index (χ1) is 15.9. The lowest BCUT2D eigenvalue weighted by Crippen LogP contribution is -2.29. The number of fused-ring (bicyclic) bond motifs is 1. The Kier molecular flexibility index (Phi) is 5.84. The fraction of sp³-hybridized carbons (Fsp3) is 0.130. The van der Waals surface area contributed by atoms with Crippen molar-refractivity contribution in [2.45, 2.75) is 19.0 Å². The van der Waals surface area contributed by atoms with Gasteiger partial charge >= 0.3 is 15.5 Å². The van der Waals surface area contributed by atoms with E-state index in [2.05, 4.69) is 0 Å². The van der Waals surface area contributed by atoms with Gasteiger partial charge in [0.25, 0.3) is 0 Å². The molecule has 0 unspecified atom stereocenters. The number of anilines is 1. The minimum Gasteiger partial charge on any atom is -0.342 e. The maximum Gasteiger partial charge on any atom is 0.516 e. The minimum atomic E-state index is -5.59. The molecular formula is C23H16F6N2O2S. The molecule has 0 radical (unpaired) electrons. The quantitative estimate of drug-likeness (QED) is 0.327. The first kappa shape index (κ1) is 23.7. The molecular weight excluding hydrogens is 482 g/mol. The molecule has 1 heterocycles. The summed E-state index contributed by atoms with van der Waals surface area (Å²) in [4.78, 5) is 0. The van der Waals surface area contributed by atoms with Crippen LogP contribution in [0.4, 0.5) is 32.0 Å². The number of aromatic nitrogens is 1. The van der Waals surface area contributed by atoms with E-state index < -0.39 is 33.0 Å². The molecule has 0 amide bonds. The Labute approximate surface area is 190 Å². The highest BCUT2D eigenvalue weighted by atomic mass is 32.2. The van der Waals surface area contributed by atoms with Gasteiger partial charge in [0.15, 0.2) is 11.6 Å². The van der Waals surface area contributed by atoms with E-state index in [4.69, 9.17) is 0 Å². The lowest BCUT2D eigenvalue weighted by atomic mass is 10.0. The van der Waals surface area contributed by atoms with E-state index in [-0.39, 0.29) is 12.2 Å². The first-order valence-electron chi connectivity index (χ1n) is 9.78. The number of alkyl halides is 3. The Morgan fingerprint density at radius 3 is 2.21 bits per heavy atom. The van der Waals surface area contributed by atoms with Gasteiger partial charge in [-0.1, -0.05) is 18.2 Å². The summed E-state index contributed by atoms with van der Waals surface area (Å²) in [6.45, 7) is 1.89. The van der Waals surface area contributed by atoms with Crippen LogP contribution in [0.25, 0.3) is 22.0 Å². The fourth-order valence-corrected chi connectivity index (χ4v) is 4.25. The Hall–Kier alpha value is -3.47. The third kappa shape index (κ3) is 4.47. The van der Waals surface area contributed by atoms with E-state index in [0.29, 0.717) is 33.2 Å². The van der Waals surface area contributed by atoms with Gasteiger partial charge in [0.1, 0.15) is 5.82 Å². The number of halogens is 6. The molecule has 0 aliphatic heterocycles. The highest BCUT2D eigenvalue weighted by molar-refractivity contribution is 7.93. The Morgan fingerprint density at radius 1 is 0.912 bits per heavy atom. The average Bonchev–Trinajstić information content (AvgIpc) is 3.05. The van der Waals surface area contributed by atoms with E-state index in [9.17, 15) is 34.8 Å². The zero-order valence-electron chi connectivity index (χ0n) is 17.4. The van der Waals surface area contributed by atoms with Gasteiger partial charge in [0.05, 0.1) is 5.52 Å². The van der Waals surface area contributed by atoms with Crippen molar-refractivity contribution in [2.24, 2.45) is 0 Å². The van der Waals surface area contributed by atoms with Gasteiger partial charge in [0.2, 0.25) is 0 Å². The molecule has 0 spiro atoms. The molecule has 1 aromatic heterocycles.